The molecule has 0 atom stereocenters. The highest BCUT2D eigenvalue weighted by atomic mass is 79.9. The number of carbonyl (C=O) groups excluding carboxylic acids is 2. The SMILES string of the molecule is O=C(NNC(=O)c1sc2ccccc2c1Cl)c1cccc(Br)c1. The number of hydrogen-bond acceptors (Lipinski definition) is 3. The lowest BCUT2D eigenvalue weighted by atomic mass is 10.2. The molecule has 7 heteroatoms. The Labute approximate surface area is 149 Å². The number of halogens is 2. The van der Waals surface area contributed by atoms with E-state index in [-0.39, 0.29) is 0 Å². The number of nitrogens with one attached hydrogen (secondary N) is 2. The molecule has 2 amide bonds. The van der Waals surface area contributed by atoms with Crippen LogP contribution in [0.4, 0.5) is 0 Å². The van der Waals surface area contributed by atoms with Gasteiger partial charge in [-0.1, -0.05) is 51.8 Å². The molecule has 0 saturated heterocycles. The first kappa shape index (κ1) is 16.0. The Kier molecular flexibility index (Phi) is 4.66. The summed E-state index contributed by atoms with van der Waals surface area (Å²) in [5.41, 5.74) is 5.21. The third-order valence-corrected chi connectivity index (χ3v) is 5.28. The first-order valence-electron chi connectivity index (χ1n) is 6.59. The van der Waals surface area contributed by atoms with Crippen LogP contribution < -0.4 is 10.9 Å². The average Bonchev–Trinajstić information content (AvgIpc) is 2.90. The molecule has 0 spiro atoms. The summed E-state index contributed by atoms with van der Waals surface area (Å²) in [6.45, 7) is 0. The van der Waals surface area contributed by atoms with Gasteiger partial charge in [0.1, 0.15) is 4.88 Å². The van der Waals surface area contributed by atoms with E-state index in [0.29, 0.717) is 15.5 Å². The van der Waals surface area contributed by atoms with E-state index in [1.807, 2.05) is 30.3 Å². The molecule has 1 aromatic heterocycles. The molecule has 0 aliphatic carbocycles. The summed E-state index contributed by atoms with van der Waals surface area (Å²) in [6, 6.07) is 14.3. The molecule has 0 aliphatic rings. The minimum atomic E-state index is -0.445. The van der Waals surface area contributed by atoms with Crippen LogP contribution in [0.2, 0.25) is 5.02 Å². The van der Waals surface area contributed by atoms with E-state index in [9.17, 15) is 9.59 Å². The van der Waals surface area contributed by atoms with Crippen LogP contribution in [0.25, 0.3) is 10.1 Å². The van der Waals surface area contributed by atoms with Gasteiger partial charge in [-0.3, -0.25) is 20.4 Å². The maximum atomic E-state index is 12.2. The number of rotatable bonds is 2. The van der Waals surface area contributed by atoms with Crippen molar-refractivity contribution >= 4 is 60.8 Å². The van der Waals surface area contributed by atoms with Gasteiger partial charge < -0.3 is 0 Å². The van der Waals surface area contributed by atoms with Crippen molar-refractivity contribution in [2.24, 2.45) is 0 Å². The van der Waals surface area contributed by atoms with Crippen LogP contribution in [0.3, 0.4) is 0 Å². The van der Waals surface area contributed by atoms with Crippen molar-refractivity contribution in [1.29, 1.82) is 0 Å². The van der Waals surface area contributed by atoms with Gasteiger partial charge in [0.25, 0.3) is 11.8 Å². The van der Waals surface area contributed by atoms with Gasteiger partial charge in [-0.25, -0.2) is 0 Å². The zero-order valence-corrected chi connectivity index (χ0v) is 14.8. The minimum absolute atomic E-state index is 0.363. The van der Waals surface area contributed by atoms with Crippen molar-refractivity contribution < 1.29 is 9.59 Å². The number of benzene rings is 2. The zero-order valence-electron chi connectivity index (χ0n) is 11.6. The highest BCUT2D eigenvalue weighted by Gasteiger charge is 2.17. The average molecular weight is 410 g/mol. The summed E-state index contributed by atoms with van der Waals surface area (Å²) < 4.78 is 1.70. The third-order valence-electron chi connectivity index (χ3n) is 3.12. The molecule has 0 saturated carbocycles. The highest BCUT2D eigenvalue weighted by molar-refractivity contribution is 9.10. The van der Waals surface area contributed by atoms with Gasteiger partial charge in [0.2, 0.25) is 0 Å². The summed E-state index contributed by atoms with van der Waals surface area (Å²) in [5.74, 6) is -0.851. The molecule has 23 heavy (non-hydrogen) atoms. The summed E-state index contributed by atoms with van der Waals surface area (Å²) >= 11 is 10.8. The Morgan fingerprint density at radius 2 is 1.74 bits per heavy atom. The molecule has 3 aromatic rings. The van der Waals surface area contributed by atoms with Crippen molar-refractivity contribution in [3.05, 3.63) is 68.5 Å². The van der Waals surface area contributed by atoms with Gasteiger partial charge in [-0.05, 0) is 24.3 Å². The van der Waals surface area contributed by atoms with E-state index < -0.39 is 11.8 Å². The van der Waals surface area contributed by atoms with E-state index in [1.54, 1.807) is 18.2 Å². The molecule has 0 radical (unpaired) electrons. The van der Waals surface area contributed by atoms with Crippen LogP contribution >= 0.6 is 38.9 Å². The number of hydrogen-bond donors (Lipinski definition) is 2. The molecular formula is C16H10BrClN2O2S. The van der Waals surface area contributed by atoms with Gasteiger partial charge in [-0.15, -0.1) is 11.3 Å². The molecule has 0 aliphatic heterocycles. The van der Waals surface area contributed by atoms with Gasteiger partial charge in [-0.2, -0.15) is 0 Å². The minimum Gasteiger partial charge on any atom is -0.267 e. The standard InChI is InChI=1S/C16H10BrClN2O2S/c17-10-5-3-4-9(8-10)15(21)19-20-16(22)14-13(18)11-6-1-2-7-12(11)23-14/h1-8H,(H,19,21)(H,20,22). The monoisotopic (exact) mass is 408 g/mol. The molecule has 116 valence electrons. The molecule has 3 rings (SSSR count). The first-order valence-corrected chi connectivity index (χ1v) is 8.58. The first-order chi connectivity index (χ1) is 11.1. The molecule has 0 unspecified atom stereocenters. The lowest BCUT2D eigenvalue weighted by molar-refractivity contribution is 0.0849. The zero-order chi connectivity index (χ0) is 16.4. The number of amides is 2. The largest absolute Gasteiger partial charge is 0.281 e. The van der Waals surface area contributed by atoms with Crippen LogP contribution in [0.1, 0.15) is 20.0 Å². The van der Waals surface area contributed by atoms with Crippen LogP contribution in [0, 0.1) is 0 Å². The number of hydrazine groups is 1. The van der Waals surface area contributed by atoms with Crippen LogP contribution in [0.5, 0.6) is 0 Å². The Hall–Kier alpha value is -1.89. The van der Waals surface area contributed by atoms with Crippen molar-refractivity contribution in [3.63, 3.8) is 0 Å². The van der Waals surface area contributed by atoms with E-state index >= 15 is 0 Å². The van der Waals surface area contributed by atoms with Crippen LogP contribution in [-0.2, 0) is 0 Å². The molecular weight excluding hydrogens is 400 g/mol. The third kappa shape index (κ3) is 3.39. The second-order valence-corrected chi connectivity index (χ2v) is 7.01. The molecule has 2 aromatic carbocycles. The Morgan fingerprint density at radius 1 is 1.00 bits per heavy atom. The molecule has 2 N–H and O–H groups in total. The predicted molar refractivity (Wildman–Crippen MR) is 95.9 cm³/mol. The highest BCUT2D eigenvalue weighted by Crippen LogP contribution is 2.34. The maximum absolute atomic E-state index is 12.2. The normalized spacial score (nSPS) is 10.5. The molecule has 4 nitrogen and oxygen atoms in total. The van der Waals surface area contributed by atoms with E-state index in [4.69, 9.17) is 11.6 Å². The fourth-order valence-corrected chi connectivity index (χ4v) is 3.84. The lowest BCUT2D eigenvalue weighted by Crippen LogP contribution is -2.41. The Bertz CT molecular complexity index is 910. The molecule has 0 fully saturated rings. The fraction of sp³-hybridized carbons (Fsp3) is 0. The number of fused-ring (bicyclic) bond motifs is 1. The smallest absolute Gasteiger partial charge is 0.267 e. The summed E-state index contributed by atoms with van der Waals surface area (Å²) in [7, 11) is 0. The molecule has 0 bridgehead atoms. The van der Waals surface area contributed by atoms with E-state index in [1.165, 1.54) is 11.3 Å². The number of thiophene rings is 1. The quantitative estimate of drug-likeness (QED) is 0.617. The summed E-state index contributed by atoms with van der Waals surface area (Å²) in [4.78, 5) is 24.6. The van der Waals surface area contributed by atoms with Crippen molar-refractivity contribution in [2.45, 2.75) is 0 Å². The van der Waals surface area contributed by atoms with Crippen LogP contribution in [-0.4, -0.2) is 11.8 Å². The van der Waals surface area contributed by atoms with Crippen LogP contribution in [0.15, 0.2) is 53.0 Å². The Morgan fingerprint density at radius 3 is 2.48 bits per heavy atom. The number of carbonyl (C=O) groups is 2. The second kappa shape index (κ2) is 6.70. The summed E-state index contributed by atoms with van der Waals surface area (Å²) in [5, 5.41) is 1.21. The fourth-order valence-electron chi connectivity index (χ4n) is 2.03. The predicted octanol–water partition coefficient (Wildman–Crippen LogP) is 4.39. The van der Waals surface area contributed by atoms with Crippen molar-refractivity contribution in [3.8, 4) is 0 Å². The topological polar surface area (TPSA) is 58.2 Å². The van der Waals surface area contributed by atoms with Gasteiger partial charge >= 0.3 is 0 Å². The second-order valence-electron chi connectivity index (χ2n) is 4.66. The van der Waals surface area contributed by atoms with Gasteiger partial charge in [0, 0.05) is 20.1 Å². The Balaban J connectivity index is 1.74. The van der Waals surface area contributed by atoms with E-state index in [0.717, 1.165) is 14.6 Å². The van der Waals surface area contributed by atoms with E-state index in [2.05, 4.69) is 26.8 Å². The maximum Gasteiger partial charge on any atom is 0.281 e. The van der Waals surface area contributed by atoms with Gasteiger partial charge in [0.05, 0.1) is 5.02 Å². The molecule has 1 heterocycles. The van der Waals surface area contributed by atoms with Crippen molar-refractivity contribution in [1.82, 2.24) is 10.9 Å². The van der Waals surface area contributed by atoms with Crippen molar-refractivity contribution in [2.75, 3.05) is 0 Å². The van der Waals surface area contributed by atoms with Gasteiger partial charge in [0.15, 0.2) is 0 Å². The summed E-state index contributed by atoms with van der Waals surface area (Å²) in [6.07, 6.45) is 0. The lowest BCUT2D eigenvalue weighted by Gasteiger charge is -2.06.